The average molecular weight is 382 g/mol. The van der Waals surface area contributed by atoms with Gasteiger partial charge in [0.2, 0.25) is 0 Å². The Balaban J connectivity index is 1.42. The van der Waals surface area contributed by atoms with Crippen LogP contribution in [0.25, 0.3) is 16.7 Å². The van der Waals surface area contributed by atoms with Gasteiger partial charge in [-0.05, 0) is 24.3 Å². The number of anilines is 2. The zero-order valence-corrected chi connectivity index (χ0v) is 15.7. The Morgan fingerprint density at radius 3 is 2.34 bits per heavy atom. The Kier molecular flexibility index (Phi) is 4.26. The zero-order valence-electron chi connectivity index (χ0n) is 15.7. The highest BCUT2D eigenvalue weighted by molar-refractivity contribution is 5.87. The van der Waals surface area contributed by atoms with Crippen molar-refractivity contribution in [2.75, 3.05) is 36.0 Å². The van der Waals surface area contributed by atoms with Gasteiger partial charge in [0.25, 0.3) is 0 Å². The molecule has 0 bridgehead atoms. The van der Waals surface area contributed by atoms with E-state index in [0.717, 1.165) is 54.5 Å². The molecule has 0 spiro atoms. The van der Waals surface area contributed by atoms with Crippen molar-refractivity contribution >= 4 is 22.7 Å². The lowest BCUT2D eigenvalue weighted by molar-refractivity contribution is 0.642. The molecule has 1 saturated heterocycles. The van der Waals surface area contributed by atoms with Crippen LogP contribution in [-0.2, 0) is 0 Å². The molecule has 8 heteroatoms. The topological polar surface area (TPSA) is 86.8 Å². The van der Waals surface area contributed by atoms with Gasteiger partial charge in [-0.15, -0.1) is 0 Å². The fourth-order valence-electron chi connectivity index (χ4n) is 3.71. The maximum Gasteiger partial charge on any atom is 0.168 e. The van der Waals surface area contributed by atoms with Crippen LogP contribution in [0, 0.1) is 11.3 Å². The number of rotatable bonds is 3. The zero-order chi connectivity index (χ0) is 19.6. The van der Waals surface area contributed by atoms with Gasteiger partial charge in [-0.1, -0.05) is 18.2 Å². The Morgan fingerprint density at radius 2 is 1.59 bits per heavy atom. The molecule has 1 fully saturated rings. The Bertz CT molecular complexity index is 1190. The summed E-state index contributed by atoms with van der Waals surface area (Å²) >= 11 is 0. The SMILES string of the molecule is N#Cc1cccnc1N1CCN(c2ncnc3c2cnn3-c2ccccc2)CC1. The molecule has 1 aliphatic rings. The van der Waals surface area contributed by atoms with Crippen molar-refractivity contribution in [3.05, 3.63) is 66.7 Å². The second kappa shape index (κ2) is 7.20. The van der Waals surface area contributed by atoms with Crippen LogP contribution < -0.4 is 9.80 Å². The van der Waals surface area contributed by atoms with Crippen LogP contribution in [0.4, 0.5) is 11.6 Å². The molecule has 0 amide bonds. The highest BCUT2D eigenvalue weighted by Gasteiger charge is 2.23. The van der Waals surface area contributed by atoms with Gasteiger partial charge in [0, 0.05) is 32.4 Å². The smallest absolute Gasteiger partial charge is 0.168 e. The lowest BCUT2D eigenvalue weighted by atomic mass is 10.2. The number of piperazine rings is 1. The number of benzene rings is 1. The summed E-state index contributed by atoms with van der Waals surface area (Å²) in [5, 5.41) is 14.8. The first-order valence-electron chi connectivity index (χ1n) is 9.44. The molecule has 8 nitrogen and oxygen atoms in total. The van der Waals surface area contributed by atoms with E-state index in [1.165, 1.54) is 0 Å². The molecule has 1 aromatic carbocycles. The lowest BCUT2D eigenvalue weighted by Gasteiger charge is -2.36. The van der Waals surface area contributed by atoms with E-state index < -0.39 is 0 Å². The standard InChI is InChI=1S/C21H18N8/c22-13-16-5-4-8-23-19(16)27-9-11-28(12-10-27)20-18-14-26-29(21(18)25-15-24-20)17-6-2-1-3-7-17/h1-8,14-15H,9-12H2. The normalized spacial score (nSPS) is 14.2. The summed E-state index contributed by atoms with van der Waals surface area (Å²) in [6, 6.07) is 15.8. The maximum absolute atomic E-state index is 9.34. The fourth-order valence-corrected chi connectivity index (χ4v) is 3.71. The first-order valence-corrected chi connectivity index (χ1v) is 9.44. The second-order valence-corrected chi connectivity index (χ2v) is 6.79. The van der Waals surface area contributed by atoms with Crippen molar-refractivity contribution in [2.45, 2.75) is 0 Å². The van der Waals surface area contributed by atoms with Gasteiger partial charge in [-0.25, -0.2) is 19.6 Å². The summed E-state index contributed by atoms with van der Waals surface area (Å²) in [7, 11) is 0. The quantitative estimate of drug-likeness (QED) is 0.538. The molecule has 1 aliphatic heterocycles. The van der Waals surface area contributed by atoms with Crippen molar-refractivity contribution in [3.63, 3.8) is 0 Å². The molecule has 0 saturated carbocycles. The van der Waals surface area contributed by atoms with Gasteiger partial charge in [0.05, 0.1) is 22.8 Å². The van der Waals surface area contributed by atoms with E-state index in [0.29, 0.717) is 5.56 Å². The molecule has 4 heterocycles. The number of hydrogen-bond acceptors (Lipinski definition) is 7. The van der Waals surface area contributed by atoms with E-state index in [1.54, 1.807) is 24.7 Å². The van der Waals surface area contributed by atoms with Gasteiger partial charge in [0.15, 0.2) is 5.65 Å². The van der Waals surface area contributed by atoms with Gasteiger partial charge in [0.1, 0.15) is 24.0 Å². The Labute approximate surface area is 167 Å². The molecular formula is C21H18N8. The second-order valence-electron chi connectivity index (χ2n) is 6.79. The molecule has 29 heavy (non-hydrogen) atoms. The number of nitrogens with zero attached hydrogens (tertiary/aromatic N) is 8. The summed E-state index contributed by atoms with van der Waals surface area (Å²) in [6.45, 7) is 3.10. The monoisotopic (exact) mass is 382 g/mol. The molecule has 0 aliphatic carbocycles. The van der Waals surface area contributed by atoms with E-state index in [9.17, 15) is 5.26 Å². The van der Waals surface area contributed by atoms with Crippen molar-refractivity contribution in [2.24, 2.45) is 0 Å². The van der Waals surface area contributed by atoms with Gasteiger partial charge in [-0.3, -0.25) is 0 Å². The lowest BCUT2D eigenvalue weighted by Crippen LogP contribution is -2.47. The minimum atomic E-state index is 0.606. The van der Waals surface area contributed by atoms with E-state index >= 15 is 0 Å². The third kappa shape index (κ3) is 3.02. The first kappa shape index (κ1) is 17.1. The number of aromatic nitrogens is 5. The van der Waals surface area contributed by atoms with E-state index in [2.05, 4.69) is 35.9 Å². The minimum Gasteiger partial charge on any atom is -0.352 e. The van der Waals surface area contributed by atoms with Crippen molar-refractivity contribution in [3.8, 4) is 11.8 Å². The third-order valence-corrected chi connectivity index (χ3v) is 5.13. The van der Waals surface area contributed by atoms with Crippen LogP contribution in [0.1, 0.15) is 5.56 Å². The van der Waals surface area contributed by atoms with E-state index in [4.69, 9.17) is 0 Å². The van der Waals surface area contributed by atoms with Crippen LogP contribution in [0.5, 0.6) is 0 Å². The molecule has 0 unspecified atom stereocenters. The molecule has 0 radical (unpaired) electrons. The predicted octanol–water partition coefficient (Wildman–Crippen LogP) is 2.41. The fraction of sp³-hybridized carbons (Fsp3) is 0.190. The van der Waals surface area contributed by atoms with E-state index in [-0.39, 0.29) is 0 Å². The number of pyridine rings is 1. The van der Waals surface area contributed by atoms with E-state index in [1.807, 2.05) is 41.2 Å². The highest BCUT2D eigenvalue weighted by atomic mass is 15.3. The van der Waals surface area contributed by atoms with Crippen LogP contribution >= 0.6 is 0 Å². The van der Waals surface area contributed by atoms with Crippen molar-refractivity contribution < 1.29 is 0 Å². The van der Waals surface area contributed by atoms with Crippen LogP contribution in [0.15, 0.2) is 61.2 Å². The van der Waals surface area contributed by atoms with Crippen LogP contribution in [0.2, 0.25) is 0 Å². The molecule has 3 aromatic heterocycles. The number of hydrogen-bond donors (Lipinski definition) is 0. The third-order valence-electron chi connectivity index (χ3n) is 5.13. The molecule has 142 valence electrons. The first-order chi connectivity index (χ1) is 14.3. The summed E-state index contributed by atoms with van der Waals surface area (Å²) in [6.07, 6.45) is 5.16. The van der Waals surface area contributed by atoms with Gasteiger partial charge < -0.3 is 9.80 Å². The van der Waals surface area contributed by atoms with Crippen molar-refractivity contribution in [1.82, 2.24) is 24.7 Å². The summed E-state index contributed by atoms with van der Waals surface area (Å²) in [5.74, 6) is 1.64. The minimum absolute atomic E-state index is 0.606. The van der Waals surface area contributed by atoms with Crippen molar-refractivity contribution in [1.29, 1.82) is 5.26 Å². The Morgan fingerprint density at radius 1 is 0.828 bits per heavy atom. The highest BCUT2D eigenvalue weighted by Crippen LogP contribution is 2.26. The number of para-hydroxylation sites is 1. The number of fused-ring (bicyclic) bond motifs is 1. The largest absolute Gasteiger partial charge is 0.352 e. The summed E-state index contributed by atoms with van der Waals surface area (Å²) in [5.41, 5.74) is 2.37. The van der Waals surface area contributed by atoms with Gasteiger partial charge in [-0.2, -0.15) is 10.4 Å². The summed E-state index contributed by atoms with van der Waals surface area (Å²) in [4.78, 5) is 17.8. The molecule has 0 N–H and O–H groups in total. The van der Waals surface area contributed by atoms with Crippen LogP contribution in [-0.4, -0.2) is 50.9 Å². The molecular weight excluding hydrogens is 364 g/mol. The Hall–Kier alpha value is -3.99. The number of nitriles is 1. The van der Waals surface area contributed by atoms with Gasteiger partial charge >= 0.3 is 0 Å². The maximum atomic E-state index is 9.34. The molecule has 4 aromatic rings. The van der Waals surface area contributed by atoms with Crippen LogP contribution in [0.3, 0.4) is 0 Å². The average Bonchev–Trinajstić information content (AvgIpc) is 3.24. The predicted molar refractivity (Wildman–Crippen MR) is 110 cm³/mol. The molecule has 0 atom stereocenters. The molecule has 5 rings (SSSR count). The summed E-state index contributed by atoms with van der Waals surface area (Å²) < 4.78 is 1.84.